The van der Waals surface area contributed by atoms with Gasteiger partial charge in [-0.15, -0.1) is 10.2 Å². The Balaban J connectivity index is 2.16. The molecule has 1 fully saturated rings. The van der Waals surface area contributed by atoms with Gasteiger partial charge in [0.15, 0.2) is 0 Å². The van der Waals surface area contributed by atoms with Crippen LogP contribution < -0.4 is 5.73 Å². The lowest BCUT2D eigenvalue weighted by molar-refractivity contribution is 0.0791. The van der Waals surface area contributed by atoms with Crippen molar-refractivity contribution in [3.8, 4) is 0 Å². The number of rotatable bonds is 2. The Bertz CT molecular complexity index is 266. The van der Waals surface area contributed by atoms with Crippen LogP contribution in [0, 0.1) is 0 Å². The number of nitrogens with zero attached hydrogens (tertiary/aromatic N) is 3. The van der Waals surface area contributed by atoms with Gasteiger partial charge in [-0.25, -0.2) is 0 Å². The Kier molecular flexibility index (Phi) is 2.01. The molecule has 1 unspecified atom stereocenters. The zero-order chi connectivity index (χ0) is 9.31. The molecule has 2 rings (SSSR count). The number of aliphatic hydroxyl groups is 1. The molecule has 0 aliphatic heterocycles. The number of tetrazole rings is 1. The Morgan fingerprint density at radius 2 is 2.15 bits per heavy atom. The van der Waals surface area contributed by atoms with Crippen molar-refractivity contribution < 1.29 is 5.11 Å². The van der Waals surface area contributed by atoms with Crippen LogP contribution in [0.2, 0.25) is 0 Å². The van der Waals surface area contributed by atoms with E-state index in [4.69, 9.17) is 5.73 Å². The molecule has 1 aromatic heterocycles. The highest BCUT2D eigenvalue weighted by atomic mass is 16.3. The van der Waals surface area contributed by atoms with Crippen molar-refractivity contribution in [3.63, 3.8) is 0 Å². The first-order chi connectivity index (χ1) is 6.22. The van der Waals surface area contributed by atoms with E-state index in [1.807, 2.05) is 0 Å². The Hall–Kier alpha value is -1.01. The third kappa shape index (κ3) is 1.42. The number of nitrogens with one attached hydrogen (secondary N) is 1. The maximum absolute atomic E-state index is 9.86. The molecule has 0 aromatic carbocycles. The Morgan fingerprint density at radius 3 is 2.69 bits per heavy atom. The first-order valence-corrected chi connectivity index (χ1v) is 4.43. The Morgan fingerprint density at radius 1 is 1.46 bits per heavy atom. The van der Waals surface area contributed by atoms with Crippen LogP contribution in [-0.2, 0) is 0 Å². The summed E-state index contributed by atoms with van der Waals surface area (Å²) < 4.78 is 0. The number of hydrogen-bond donors (Lipinski definition) is 3. The minimum atomic E-state index is -0.797. The normalized spacial score (nSPS) is 23.2. The topological polar surface area (TPSA) is 101 Å². The summed E-state index contributed by atoms with van der Waals surface area (Å²) in [5, 5.41) is 23.0. The van der Waals surface area contributed by atoms with Crippen molar-refractivity contribution in [2.45, 2.75) is 37.3 Å². The summed E-state index contributed by atoms with van der Waals surface area (Å²) in [6, 6.07) is 0. The molecule has 0 radical (unpaired) electrons. The van der Waals surface area contributed by atoms with Gasteiger partial charge in [0.05, 0.1) is 0 Å². The van der Waals surface area contributed by atoms with Crippen LogP contribution in [0.4, 0.5) is 0 Å². The van der Waals surface area contributed by atoms with Gasteiger partial charge in [0.25, 0.3) is 0 Å². The van der Waals surface area contributed by atoms with Gasteiger partial charge in [0.1, 0.15) is 6.10 Å². The number of hydrogen-bond acceptors (Lipinski definition) is 5. The molecule has 1 aliphatic rings. The SMILES string of the molecule is NC1(C(O)c2nn[nH]n2)CCCC1. The maximum atomic E-state index is 9.86. The van der Waals surface area contributed by atoms with Crippen LogP contribution in [0.5, 0.6) is 0 Å². The minimum absolute atomic E-state index is 0.296. The predicted octanol–water partition coefficient (Wildman–Crippen LogP) is -0.495. The molecule has 1 atom stereocenters. The van der Waals surface area contributed by atoms with Crippen LogP contribution in [0.1, 0.15) is 37.6 Å². The van der Waals surface area contributed by atoms with Gasteiger partial charge >= 0.3 is 0 Å². The van der Waals surface area contributed by atoms with E-state index < -0.39 is 11.6 Å². The second-order valence-electron chi connectivity index (χ2n) is 3.61. The van der Waals surface area contributed by atoms with E-state index in [1.165, 1.54) is 0 Å². The Labute approximate surface area is 75.5 Å². The highest BCUT2D eigenvalue weighted by molar-refractivity contribution is 5.03. The summed E-state index contributed by atoms with van der Waals surface area (Å²) in [6.45, 7) is 0. The lowest BCUT2D eigenvalue weighted by Crippen LogP contribution is -2.43. The molecule has 6 heteroatoms. The summed E-state index contributed by atoms with van der Waals surface area (Å²) >= 11 is 0. The molecule has 13 heavy (non-hydrogen) atoms. The van der Waals surface area contributed by atoms with E-state index in [0.717, 1.165) is 25.7 Å². The van der Waals surface area contributed by atoms with Crippen molar-refractivity contribution in [2.75, 3.05) is 0 Å². The summed E-state index contributed by atoms with van der Waals surface area (Å²) in [5.41, 5.74) is 5.47. The largest absolute Gasteiger partial charge is 0.383 e. The van der Waals surface area contributed by atoms with Gasteiger partial charge in [-0.2, -0.15) is 5.21 Å². The fourth-order valence-electron chi connectivity index (χ4n) is 1.85. The highest BCUT2D eigenvalue weighted by Crippen LogP contribution is 2.36. The zero-order valence-corrected chi connectivity index (χ0v) is 7.27. The number of H-pyrrole nitrogens is 1. The van der Waals surface area contributed by atoms with Crippen molar-refractivity contribution in [1.82, 2.24) is 20.6 Å². The number of nitrogens with two attached hydrogens (primary N) is 1. The van der Waals surface area contributed by atoms with E-state index in [9.17, 15) is 5.11 Å². The summed E-state index contributed by atoms with van der Waals surface area (Å²) in [7, 11) is 0. The van der Waals surface area contributed by atoms with Crippen LogP contribution in [0.25, 0.3) is 0 Å². The number of aromatic amines is 1. The minimum Gasteiger partial charge on any atom is -0.383 e. The van der Waals surface area contributed by atoms with Crippen LogP contribution in [0.15, 0.2) is 0 Å². The molecule has 0 spiro atoms. The van der Waals surface area contributed by atoms with Crippen LogP contribution >= 0.6 is 0 Å². The van der Waals surface area contributed by atoms with Gasteiger partial charge in [-0.1, -0.05) is 18.1 Å². The fourth-order valence-corrected chi connectivity index (χ4v) is 1.85. The third-order valence-electron chi connectivity index (χ3n) is 2.69. The van der Waals surface area contributed by atoms with Crippen LogP contribution in [0.3, 0.4) is 0 Å². The van der Waals surface area contributed by atoms with Gasteiger partial charge in [-0.3, -0.25) is 0 Å². The van der Waals surface area contributed by atoms with Crippen molar-refractivity contribution in [1.29, 1.82) is 0 Å². The van der Waals surface area contributed by atoms with E-state index in [2.05, 4.69) is 20.6 Å². The predicted molar refractivity (Wildman–Crippen MR) is 44.5 cm³/mol. The zero-order valence-electron chi connectivity index (χ0n) is 7.27. The van der Waals surface area contributed by atoms with Gasteiger partial charge < -0.3 is 10.8 Å². The van der Waals surface area contributed by atoms with Crippen molar-refractivity contribution in [2.24, 2.45) is 5.73 Å². The molecule has 0 bridgehead atoms. The maximum Gasteiger partial charge on any atom is 0.204 e. The summed E-state index contributed by atoms with van der Waals surface area (Å²) in [4.78, 5) is 0. The molecular weight excluding hydrogens is 170 g/mol. The summed E-state index contributed by atoms with van der Waals surface area (Å²) in [5.74, 6) is 0.296. The van der Waals surface area contributed by atoms with Gasteiger partial charge in [0.2, 0.25) is 5.82 Å². The van der Waals surface area contributed by atoms with Crippen LogP contribution in [-0.4, -0.2) is 31.3 Å². The second kappa shape index (κ2) is 3.04. The lowest BCUT2D eigenvalue weighted by atomic mass is 9.91. The molecule has 1 heterocycles. The first-order valence-electron chi connectivity index (χ1n) is 4.43. The fraction of sp³-hybridized carbons (Fsp3) is 0.857. The van der Waals surface area contributed by atoms with Gasteiger partial charge in [-0.05, 0) is 12.8 Å². The third-order valence-corrected chi connectivity index (χ3v) is 2.69. The smallest absolute Gasteiger partial charge is 0.204 e. The van der Waals surface area contributed by atoms with E-state index in [1.54, 1.807) is 0 Å². The molecule has 6 nitrogen and oxygen atoms in total. The quantitative estimate of drug-likeness (QED) is 0.574. The molecule has 0 amide bonds. The molecule has 1 aromatic rings. The van der Waals surface area contributed by atoms with Crippen molar-refractivity contribution >= 4 is 0 Å². The lowest BCUT2D eigenvalue weighted by Gasteiger charge is -2.27. The molecule has 1 saturated carbocycles. The molecule has 72 valence electrons. The average molecular weight is 183 g/mol. The first kappa shape index (κ1) is 8.58. The monoisotopic (exact) mass is 183 g/mol. The van der Waals surface area contributed by atoms with Gasteiger partial charge in [0, 0.05) is 5.54 Å². The molecule has 0 saturated heterocycles. The van der Waals surface area contributed by atoms with E-state index >= 15 is 0 Å². The molecular formula is C7H13N5O. The standard InChI is InChI=1S/C7H13N5O/c8-7(3-1-2-4-7)5(13)6-9-11-12-10-6/h5,13H,1-4,8H2,(H,9,10,11,12). The van der Waals surface area contributed by atoms with Crippen molar-refractivity contribution in [3.05, 3.63) is 5.82 Å². The highest BCUT2D eigenvalue weighted by Gasteiger charge is 2.39. The average Bonchev–Trinajstić information content (AvgIpc) is 2.73. The van der Waals surface area contributed by atoms with E-state index in [-0.39, 0.29) is 0 Å². The van der Waals surface area contributed by atoms with E-state index in [0.29, 0.717) is 5.82 Å². The molecule has 1 aliphatic carbocycles. The summed E-state index contributed by atoms with van der Waals surface area (Å²) in [6.07, 6.45) is 2.97. The second-order valence-corrected chi connectivity index (χ2v) is 3.61. The number of aromatic nitrogens is 4. The number of aliphatic hydroxyl groups excluding tert-OH is 1. The molecule has 4 N–H and O–H groups in total.